The molecule has 17 heavy (non-hydrogen) atoms. The minimum absolute atomic E-state index is 0.519. The lowest BCUT2D eigenvalue weighted by Gasteiger charge is -2.20. The van der Waals surface area contributed by atoms with Crippen molar-refractivity contribution in [2.75, 3.05) is 0 Å². The molecule has 0 aliphatic carbocycles. The largest absolute Gasteiger partial charge is 0.419 e. The molecule has 1 aromatic rings. The maximum atomic E-state index is 13.1. The van der Waals surface area contributed by atoms with E-state index >= 15 is 0 Å². The van der Waals surface area contributed by atoms with Crippen LogP contribution >= 0.6 is 0 Å². The zero-order valence-electron chi connectivity index (χ0n) is 8.72. The highest BCUT2D eigenvalue weighted by atomic mass is 19.4. The van der Waals surface area contributed by atoms with Gasteiger partial charge in [-0.05, 0) is 18.6 Å². The second kappa shape index (κ2) is 4.58. The highest BCUT2D eigenvalue weighted by Gasteiger charge is 2.40. The van der Waals surface area contributed by atoms with Crippen LogP contribution in [0.15, 0.2) is 12.1 Å². The maximum absolute atomic E-state index is 13.1. The SMILES string of the molecule is C[C@H](N)[C@H](O)c1ccc(F)c(F)c1C(F)(F)F. The Bertz CT molecular complexity index is 416. The first-order valence-corrected chi connectivity index (χ1v) is 4.65. The van der Waals surface area contributed by atoms with Crippen molar-refractivity contribution in [3.63, 3.8) is 0 Å². The first-order chi connectivity index (χ1) is 7.66. The average molecular weight is 255 g/mol. The third kappa shape index (κ3) is 2.73. The molecule has 1 rings (SSSR count). The molecule has 96 valence electrons. The van der Waals surface area contributed by atoms with Gasteiger partial charge < -0.3 is 10.8 Å². The number of aliphatic hydroxyl groups excluding tert-OH is 1. The molecule has 0 unspecified atom stereocenters. The standard InChI is InChI=1S/C10H10F5NO/c1-4(16)9(17)5-2-3-6(11)8(12)7(5)10(13,14)15/h2-4,9,17H,16H2,1H3/t4-,9-/m0/s1. The van der Waals surface area contributed by atoms with Gasteiger partial charge in [-0.3, -0.25) is 0 Å². The van der Waals surface area contributed by atoms with Crippen LogP contribution in [0.25, 0.3) is 0 Å². The van der Waals surface area contributed by atoms with Gasteiger partial charge in [0.05, 0.1) is 6.10 Å². The topological polar surface area (TPSA) is 46.2 Å². The van der Waals surface area contributed by atoms with E-state index in [-0.39, 0.29) is 0 Å². The van der Waals surface area contributed by atoms with Crippen LogP contribution < -0.4 is 5.73 Å². The van der Waals surface area contributed by atoms with Gasteiger partial charge in [0.2, 0.25) is 0 Å². The zero-order chi connectivity index (χ0) is 13.4. The summed E-state index contributed by atoms with van der Waals surface area (Å²) in [6.45, 7) is 1.26. The number of benzene rings is 1. The summed E-state index contributed by atoms with van der Waals surface area (Å²) in [7, 11) is 0. The first kappa shape index (κ1) is 13.9. The molecule has 7 heteroatoms. The number of halogens is 5. The van der Waals surface area contributed by atoms with Crippen LogP contribution in [0.1, 0.15) is 24.2 Å². The van der Waals surface area contributed by atoms with E-state index in [1.807, 2.05) is 0 Å². The fourth-order valence-electron chi connectivity index (χ4n) is 1.38. The number of nitrogens with two attached hydrogens (primary N) is 1. The summed E-state index contributed by atoms with van der Waals surface area (Å²) < 4.78 is 63.6. The summed E-state index contributed by atoms with van der Waals surface area (Å²) in [6.07, 6.45) is -6.82. The lowest BCUT2D eigenvalue weighted by Crippen LogP contribution is -2.27. The molecule has 0 radical (unpaired) electrons. The van der Waals surface area contributed by atoms with Crippen molar-refractivity contribution in [1.82, 2.24) is 0 Å². The normalized spacial score (nSPS) is 15.8. The predicted molar refractivity (Wildman–Crippen MR) is 50.0 cm³/mol. The second-order valence-electron chi connectivity index (χ2n) is 3.63. The number of hydrogen-bond donors (Lipinski definition) is 2. The molecule has 3 N–H and O–H groups in total. The molecule has 2 nitrogen and oxygen atoms in total. The van der Waals surface area contributed by atoms with Crippen LogP contribution in [-0.4, -0.2) is 11.1 Å². The number of aliphatic hydroxyl groups is 1. The van der Waals surface area contributed by atoms with Crippen LogP contribution in [-0.2, 0) is 6.18 Å². The summed E-state index contributed by atoms with van der Waals surface area (Å²) in [5.41, 5.74) is 2.65. The Balaban J connectivity index is 3.46. The van der Waals surface area contributed by atoms with Crippen molar-refractivity contribution in [2.45, 2.75) is 25.2 Å². The van der Waals surface area contributed by atoms with Gasteiger partial charge in [0.15, 0.2) is 11.6 Å². The van der Waals surface area contributed by atoms with Gasteiger partial charge in [-0.2, -0.15) is 13.2 Å². The van der Waals surface area contributed by atoms with Crippen LogP contribution in [0.4, 0.5) is 22.0 Å². The Hall–Kier alpha value is -1.21. The quantitative estimate of drug-likeness (QED) is 0.797. The van der Waals surface area contributed by atoms with Gasteiger partial charge >= 0.3 is 6.18 Å². The lowest BCUT2D eigenvalue weighted by molar-refractivity contribution is -0.142. The molecule has 1 aromatic carbocycles. The smallest absolute Gasteiger partial charge is 0.387 e. The maximum Gasteiger partial charge on any atom is 0.419 e. The number of rotatable bonds is 2. The molecule has 0 fully saturated rings. The fourth-order valence-corrected chi connectivity index (χ4v) is 1.38. The number of alkyl halides is 3. The van der Waals surface area contributed by atoms with Crippen molar-refractivity contribution in [1.29, 1.82) is 0 Å². The van der Waals surface area contributed by atoms with E-state index in [9.17, 15) is 27.1 Å². The molecular formula is C10H10F5NO. The monoisotopic (exact) mass is 255 g/mol. The zero-order valence-corrected chi connectivity index (χ0v) is 8.72. The van der Waals surface area contributed by atoms with Gasteiger partial charge in [0, 0.05) is 6.04 Å². The van der Waals surface area contributed by atoms with E-state index in [1.54, 1.807) is 0 Å². The van der Waals surface area contributed by atoms with E-state index in [2.05, 4.69) is 0 Å². The van der Waals surface area contributed by atoms with Gasteiger partial charge in [-0.25, -0.2) is 8.78 Å². The predicted octanol–water partition coefficient (Wildman–Crippen LogP) is 2.36. The van der Waals surface area contributed by atoms with E-state index in [4.69, 9.17) is 5.73 Å². The molecule has 0 amide bonds. The molecule has 0 aromatic heterocycles. The van der Waals surface area contributed by atoms with Crippen molar-refractivity contribution in [3.05, 3.63) is 34.9 Å². The van der Waals surface area contributed by atoms with Gasteiger partial charge in [-0.15, -0.1) is 0 Å². The second-order valence-corrected chi connectivity index (χ2v) is 3.63. The van der Waals surface area contributed by atoms with Gasteiger partial charge in [0.1, 0.15) is 5.56 Å². The van der Waals surface area contributed by atoms with Crippen LogP contribution in [0.2, 0.25) is 0 Å². The molecule has 0 saturated carbocycles. The Kier molecular flexibility index (Phi) is 3.73. The molecule has 0 aliphatic rings. The summed E-state index contributed by atoms with van der Waals surface area (Å²) >= 11 is 0. The molecule has 0 spiro atoms. The lowest BCUT2D eigenvalue weighted by atomic mass is 9.97. The molecule has 0 bridgehead atoms. The third-order valence-corrected chi connectivity index (χ3v) is 2.23. The minimum Gasteiger partial charge on any atom is -0.387 e. The Labute approximate surface area is 93.9 Å². The van der Waals surface area contributed by atoms with E-state index in [1.165, 1.54) is 6.92 Å². The molecule has 0 heterocycles. The van der Waals surface area contributed by atoms with E-state index in [0.717, 1.165) is 0 Å². The third-order valence-electron chi connectivity index (χ3n) is 2.23. The van der Waals surface area contributed by atoms with Crippen molar-refractivity contribution in [2.24, 2.45) is 5.73 Å². The highest BCUT2D eigenvalue weighted by molar-refractivity contribution is 5.34. The van der Waals surface area contributed by atoms with Crippen molar-refractivity contribution >= 4 is 0 Å². The Morgan fingerprint density at radius 3 is 2.18 bits per heavy atom. The highest BCUT2D eigenvalue weighted by Crippen LogP contribution is 2.37. The van der Waals surface area contributed by atoms with Crippen molar-refractivity contribution in [3.8, 4) is 0 Å². The summed E-state index contributed by atoms with van der Waals surface area (Å²) in [5, 5.41) is 9.44. The van der Waals surface area contributed by atoms with Crippen LogP contribution in [0, 0.1) is 11.6 Å². The van der Waals surface area contributed by atoms with Crippen LogP contribution in [0.3, 0.4) is 0 Å². The summed E-state index contributed by atoms with van der Waals surface area (Å²) in [4.78, 5) is 0. The summed E-state index contributed by atoms with van der Waals surface area (Å²) in [5.74, 6) is -3.66. The molecular weight excluding hydrogens is 245 g/mol. The Morgan fingerprint density at radius 2 is 1.76 bits per heavy atom. The molecule has 2 atom stereocenters. The van der Waals surface area contributed by atoms with Crippen LogP contribution in [0.5, 0.6) is 0 Å². The van der Waals surface area contributed by atoms with E-state index in [0.29, 0.717) is 12.1 Å². The number of hydrogen-bond acceptors (Lipinski definition) is 2. The van der Waals surface area contributed by atoms with E-state index < -0.39 is 41.1 Å². The fraction of sp³-hybridized carbons (Fsp3) is 0.400. The molecule has 0 saturated heterocycles. The minimum atomic E-state index is -5.10. The van der Waals surface area contributed by atoms with Gasteiger partial charge in [-0.1, -0.05) is 6.07 Å². The average Bonchev–Trinajstić information content (AvgIpc) is 2.18. The van der Waals surface area contributed by atoms with Crippen molar-refractivity contribution < 1.29 is 27.1 Å². The first-order valence-electron chi connectivity index (χ1n) is 4.65. The molecule has 0 aliphatic heterocycles. The van der Waals surface area contributed by atoms with Gasteiger partial charge in [0.25, 0.3) is 0 Å². The Morgan fingerprint density at radius 1 is 1.24 bits per heavy atom. The summed E-state index contributed by atoms with van der Waals surface area (Å²) in [6, 6.07) is 0.154.